The minimum Gasteiger partial charge on any atom is -0.388 e. The molecule has 3 nitrogen and oxygen atoms in total. The predicted octanol–water partition coefficient (Wildman–Crippen LogP) is 2.25. The van der Waals surface area contributed by atoms with Gasteiger partial charge in [0.1, 0.15) is 12.4 Å². The van der Waals surface area contributed by atoms with Crippen molar-refractivity contribution in [3.05, 3.63) is 39.0 Å². The topological polar surface area (TPSA) is 38.1 Å². The Bertz CT molecular complexity index is 424. The van der Waals surface area contributed by atoms with Gasteiger partial charge >= 0.3 is 0 Å². The van der Waals surface area contributed by atoms with Crippen molar-refractivity contribution < 1.29 is 5.11 Å². The first kappa shape index (κ1) is 9.89. The van der Waals surface area contributed by atoms with Gasteiger partial charge in [-0.2, -0.15) is 0 Å². The first-order valence-corrected chi connectivity index (χ1v) is 5.81. The summed E-state index contributed by atoms with van der Waals surface area (Å²) in [6.45, 7) is 0.740. The predicted molar refractivity (Wildman–Crippen MR) is 59.3 cm³/mol. The van der Waals surface area contributed by atoms with Gasteiger partial charge in [-0.25, -0.2) is 4.98 Å². The molecule has 14 heavy (non-hydrogen) atoms. The molecule has 2 heterocycles. The Kier molecular flexibility index (Phi) is 3.00. The first-order valence-electron chi connectivity index (χ1n) is 4.14. The van der Waals surface area contributed by atoms with Crippen molar-refractivity contribution in [3.8, 4) is 0 Å². The van der Waals surface area contributed by atoms with Crippen molar-refractivity contribution in [2.75, 3.05) is 0 Å². The Morgan fingerprint density at radius 2 is 2.43 bits per heavy atom. The van der Waals surface area contributed by atoms with Crippen LogP contribution in [0.2, 0.25) is 0 Å². The number of hydrogen-bond acceptors (Lipinski definition) is 3. The van der Waals surface area contributed by atoms with Crippen molar-refractivity contribution in [1.29, 1.82) is 0 Å². The second-order valence-electron chi connectivity index (χ2n) is 2.82. The zero-order chi connectivity index (χ0) is 9.97. The highest BCUT2D eigenvalue weighted by Gasteiger charge is 2.05. The van der Waals surface area contributed by atoms with Crippen LogP contribution in [0.3, 0.4) is 0 Å². The lowest BCUT2D eigenvalue weighted by atomic mass is 10.4. The summed E-state index contributed by atoms with van der Waals surface area (Å²) in [4.78, 5) is 5.28. The molecule has 0 unspecified atom stereocenters. The molecule has 5 heteroatoms. The minimum absolute atomic E-state index is 0.0179. The zero-order valence-corrected chi connectivity index (χ0v) is 9.75. The summed E-state index contributed by atoms with van der Waals surface area (Å²) in [6, 6.07) is 2.02. The molecule has 74 valence electrons. The van der Waals surface area contributed by atoms with Gasteiger partial charge in [0, 0.05) is 21.7 Å². The van der Waals surface area contributed by atoms with Crippen LogP contribution in [0.15, 0.2) is 28.3 Å². The molecule has 0 saturated carbocycles. The van der Waals surface area contributed by atoms with Gasteiger partial charge in [0.2, 0.25) is 0 Å². The average molecular weight is 273 g/mol. The van der Waals surface area contributed by atoms with Crippen LogP contribution in [0.25, 0.3) is 0 Å². The number of rotatable bonds is 3. The Hall–Kier alpha value is -0.650. The molecule has 0 aliphatic rings. The van der Waals surface area contributed by atoms with Gasteiger partial charge in [-0.15, -0.1) is 11.3 Å². The lowest BCUT2D eigenvalue weighted by molar-refractivity contribution is 0.266. The van der Waals surface area contributed by atoms with E-state index in [0.29, 0.717) is 5.82 Å². The van der Waals surface area contributed by atoms with E-state index in [4.69, 9.17) is 5.11 Å². The number of imidazole rings is 1. The Labute approximate surface area is 94.2 Å². The monoisotopic (exact) mass is 272 g/mol. The maximum atomic E-state index is 9.01. The molecular weight excluding hydrogens is 264 g/mol. The summed E-state index contributed by atoms with van der Waals surface area (Å²) < 4.78 is 3.05. The third-order valence-electron chi connectivity index (χ3n) is 1.95. The fourth-order valence-corrected chi connectivity index (χ4v) is 2.70. The van der Waals surface area contributed by atoms with Crippen molar-refractivity contribution in [3.63, 3.8) is 0 Å². The lowest BCUT2D eigenvalue weighted by Crippen LogP contribution is -2.03. The fraction of sp³-hybridized carbons (Fsp3) is 0.222. The number of aromatic nitrogens is 2. The maximum Gasteiger partial charge on any atom is 0.134 e. The fourth-order valence-electron chi connectivity index (χ4n) is 1.23. The molecule has 0 aliphatic carbocycles. The molecule has 0 fully saturated rings. The molecule has 0 radical (unpaired) electrons. The molecule has 0 aromatic carbocycles. The Morgan fingerprint density at radius 1 is 1.57 bits per heavy atom. The second kappa shape index (κ2) is 4.25. The van der Waals surface area contributed by atoms with Crippen molar-refractivity contribution >= 4 is 27.3 Å². The highest BCUT2D eigenvalue weighted by atomic mass is 79.9. The average Bonchev–Trinajstić information content (AvgIpc) is 2.77. The molecule has 0 saturated heterocycles. The van der Waals surface area contributed by atoms with Crippen LogP contribution in [0.4, 0.5) is 0 Å². The smallest absolute Gasteiger partial charge is 0.134 e. The van der Waals surface area contributed by atoms with Gasteiger partial charge in [-0.05, 0) is 27.4 Å². The Morgan fingerprint density at radius 3 is 3.07 bits per heavy atom. The van der Waals surface area contributed by atoms with Crippen molar-refractivity contribution in [2.45, 2.75) is 13.2 Å². The SMILES string of the molecule is OCc1nccn1Cc1sccc1Br. The number of halogens is 1. The van der Waals surface area contributed by atoms with E-state index in [1.165, 1.54) is 4.88 Å². The standard InChI is InChI=1S/C9H9BrN2OS/c10-7-1-4-14-8(7)5-12-3-2-11-9(12)6-13/h1-4,13H,5-6H2. The lowest BCUT2D eigenvalue weighted by Gasteiger charge is -2.04. The minimum atomic E-state index is -0.0179. The van der Waals surface area contributed by atoms with Crippen LogP contribution in [0.5, 0.6) is 0 Å². The molecule has 0 atom stereocenters. The number of thiophene rings is 1. The maximum absolute atomic E-state index is 9.01. The van der Waals surface area contributed by atoms with E-state index in [9.17, 15) is 0 Å². The van der Waals surface area contributed by atoms with Gasteiger partial charge in [-0.3, -0.25) is 0 Å². The van der Waals surface area contributed by atoms with E-state index >= 15 is 0 Å². The van der Waals surface area contributed by atoms with E-state index < -0.39 is 0 Å². The molecule has 2 aromatic heterocycles. The molecule has 0 amide bonds. The molecule has 0 aliphatic heterocycles. The summed E-state index contributed by atoms with van der Waals surface area (Å²) in [5.74, 6) is 0.699. The van der Waals surface area contributed by atoms with E-state index in [2.05, 4.69) is 20.9 Å². The number of aliphatic hydroxyl groups excluding tert-OH is 1. The second-order valence-corrected chi connectivity index (χ2v) is 4.68. The van der Waals surface area contributed by atoms with Gasteiger partial charge in [0.25, 0.3) is 0 Å². The van der Waals surface area contributed by atoms with Crippen LogP contribution >= 0.6 is 27.3 Å². The zero-order valence-electron chi connectivity index (χ0n) is 7.35. The third kappa shape index (κ3) is 1.89. The summed E-state index contributed by atoms with van der Waals surface area (Å²) >= 11 is 5.16. The molecule has 2 aromatic rings. The third-order valence-corrected chi connectivity index (χ3v) is 3.86. The summed E-state index contributed by atoms with van der Waals surface area (Å²) in [7, 11) is 0. The first-order chi connectivity index (χ1) is 6.81. The quantitative estimate of drug-likeness (QED) is 0.931. The van der Waals surface area contributed by atoms with Gasteiger partial charge < -0.3 is 9.67 Å². The summed E-state index contributed by atoms with van der Waals surface area (Å²) in [5, 5.41) is 11.1. The molecule has 1 N–H and O–H groups in total. The largest absolute Gasteiger partial charge is 0.388 e. The normalized spacial score (nSPS) is 10.7. The van der Waals surface area contributed by atoms with E-state index in [1.54, 1.807) is 17.5 Å². The Balaban J connectivity index is 2.22. The van der Waals surface area contributed by atoms with E-state index in [-0.39, 0.29) is 6.61 Å². The summed E-state index contributed by atoms with van der Waals surface area (Å²) in [5.41, 5.74) is 0. The van der Waals surface area contributed by atoms with Crippen molar-refractivity contribution in [1.82, 2.24) is 9.55 Å². The van der Waals surface area contributed by atoms with Crippen molar-refractivity contribution in [2.24, 2.45) is 0 Å². The summed E-state index contributed by atoms with van der Waals surface area (Å²) in [6.07, 6.45) is 3.57. The molecule has 2 rings (SSSR count). The number of aliphatic hydroxyl groups is 1. The molecule has 0 spiro atoms. The number of hydrogen-bond donors (Lipinski definition) is 1. The van der Waals surface area contributed by atoms with Crippen LogP contribution in [-0.2, 0) is 13.2 Å². The molecular formula is C9H9BrN2OS. The van der Waals surface area contributed by atoms with Crippen LogP contribution in [0.1, 0.15) is 10.7 Å². The van der Waals surface area contributed by atoms with Crippen LogP contribution in [0, 0.1) is 0 Å². The highest BCUT2D eigenvalue weighted by molar-refractivity contribution is 9.10. The molecule has 0 bridgehead atoms. The van der Waals surface area contributed by atoms with Gasteiger partial charge in [0.15, 0.2) is 0 Å². The van der Waals surface area contributed by atoms with E-state index in [1.807, 2.05) is 22.2 Å². The number of nitrogens with zero attached hydrogens (tertiary/aromatic N) is 2. The van der Waals surface area contributed by atoms with Gasteiger partial charge in [0.05, 0.1) is 6.54 Å². The van der Waals surface area contributed by atoms with Crippen LogP contribution in [-0.4, -0.2) is 14.7 Å². The van der Waals surface area contributed by atoms with Crippen LogP contribution < -0.4 is 0 Å². The van der Waals surface area contributed by atoms with E-state index in [0.717, 1.165) is 11.0 Å². The van der Waals surface area contributed by atoms with Gasteiger partial charge in [-0.1, -0.05) is 0 Å². The highest BCUT2D eigenvalue weighted by Crippen LogP contribution is 2.23.